The molecule has 0 aliphatic carbocycles. The van der Waals surface area contributed by atoms with Crippen molar-refractivity contribution in [2.45, 2.75) is 11.4 Å². The third-order valence-corrected chi connectivity index (χ3v) is 5.08. The van der Waals surface area contributed by atoms with Crippen LogP contribution >= 0.6 is 23.1 Å². The molecule has 4 nitrogen and oxygen atoms in total. The Morgan fingerprint density at radius 2 is 2.13 bits per heavy atom. The van der Waals surface area contributed by atoms with E-state index >= 15 is 0 Å². The fourth-order valence-corrected chi connectivity index (χ4v) is 3.54. The molecule has 6 heteroatoms. The van der Waals surface area contributed by atoms with Gasteiger partial charge in [0, 0.05) is 17.6 Å². The summed E-state index contributed by atoms with van der Waals surface area (Å²) in [6.07, 6.45) is 3.92. The summed E-state index contributed by atoms with van der Waals surface area (Å²) in [5.74, 6) is -0.0411. The van der Waals surface area contributed by atoms with Crippen molar-refractivity contribution in [1.29, 1.82) is 0 Å². The minimum absolute atomic E-state index is 0.0411. The number of benzene rings is 1. The molecule has 0 aliphatic rings. The molecule has 0 atom stereocenters. The number of hydrogen-bond acceptors (Lipinski definition) is 4. The quantitative estimate of drug-likeness (QED) is 0.693. The topological polar surface area (TPSA) is 46.9 Å². The number of rotatable bonds is 6. The van der Waals surface area contributed by atoms with Crippen LogP contribution in [0.5, 0.6) is 0 Å². The number of thiophene rings is 1. The van der Waals surface area contributed by atoms with E-state index in [1.54, 1.807) is 23.1 Å². The molecular weight excluding hydrogens is 326 g/mol. The van der Waals surface area contributed by atoms with Gasteiger partial charge in [0.05, 0.1) is 17.0 Å². The third kappa shape index (κ3) is 3.83. The maximum atomic E-state index is 12.3. The van der Waals surface area contributed by atoms with Crippen molar-refractivity contribution in [3.05, 3.63) is 59.6 Å². The molecule has 1 amide bonds. The molecule has 3 aromatic rings. The lowest BCUT2D eigenvalue weighted by Gasteiger charge is -2.08. The highest BCUT2D eigenvalue weighted by molar-refractivity contribution is 7.98. The minimum Gasteiger partial charge on any atom is -0.350 e. The van der Waals surface area contributed by atoms with Crippen LogP contribution in [-0.2, 0) is 6.54 Å². The summed E-state index contributed by atoms with van der Waals surface area (Å²) in [5, 5.41) is 9.52. The first-order valence-electron chi connectivity index (χ1n) is 7.26. The van der Waals surface area contributed by atoms with E-state index in [9.17, 15) is 4.79 Å². The van der Waals surface area contributed by atoms with Gasteiger partial charge in [-0.15, -0.1) is 23.1 Å². The predicted molar refractivity (Wildman–Crippen MR) is 96.1 cm³/mol. The Bertz CT molecular complexity index is 781. The minimum atomic E-state index is -0.0411. The van der Waals surface area contributed by atoms with Gasteiger partial charge in [-0.05, 0) is 35.9 Å². The Hall–Kier alpha value is -2.05. The summed E-state index contributed by atoms with van der Waals surface area (Å²) in [5.41, 5.74) is 1.69. The molecule has 0 fully saturated rings. The van der Waals surface area contributed by atoms with E-state index < -0.39 is 0 Å². The summed E-state index contributed by atoms with van der Waals surface area (Å²) in [6, 6.07) is 13.7. The molecule has 0 aliphatic heterocycles. The van der Waals surface area contributed by atoms with Gasteiger partial charge in [-0.1, -0.05) is 18.2 Å². The first kappa shape index (κ1) is 15.8. The van der Waals surface area contributed by atoms with Crippen LogP contribution in [0.4, 0.5) is 0 Å². The highest BCUT2D eigenvalue weighted by Gasteiger charge is 2.09. The second kappa shape index (κ2) is 7.48. The molecule has 0 bridgehead atoms. The summed E-state index contributed by atoms with van der Waals surface area (Å²) < 4.78 is 1.86. The molecule has 0 saturated carbocycles. The number of carbonyl (C=O) groups is 1. The fourth-order valence-electron chi connectivity index (χ4n) is 2.25. The molecule has 1 N–H and O–H groups in total. The standard InChI is InChI=1S/C17H17N3OS2/c1-22-15-6-3-2-5-13(15)17(21)18-9-11-20-10-8-14(19-20)16-7-4-12-23-16/h2-8,10,12H,9,11H2,1H3,(H,18,21). The number of amides is 1. The molecule has 0 saturated heterocycles. The Morgan fingerprint density at radius 3 is 2.91 bits per heavy atom. The van der Waals surface area contributed by atoms with Crippen molar-refractivity contribution in [2.24, 2.45) is 0 Å². The second-order valence-electron chi connectivity index (χ2n) is 4.90. The average molecular weight is 343 g/mol. The third-order valence-electron chi connectivity index (χ3n) is 3.39. The van der Waals surface area contributed by atoms with Crippen LogP contribution in [0, 0.1) is 0 Å². The SMILES string of the molecule is CSc1ccccc1C(=O)NCCn1ccc(-c2cccs2)n1. The molecule has 0 radical (unpaired) electrons. The first-order chi connectivity index (χ1) is 11.3. The summed E-state index contributed by atoms with van der Waals surface area (Å²) in [4.78, 5) is 14.4. The van der Waals surface area contributed by atoms with Crippen LogP contribution < -0.4 is 5.32 Å². The second-order valence-corrected chi connectivity index (χ2v) is 6.69. The molecule has 0 spiro atoms. The van der Waals surface area contributed by atoms with Crippen molar-refractivity contribution >= 4 is 29.0 Å². The number of carbonyl (C=O) groups excluding carboxylic acids is 1. The van der Waals surface area contributed by atoms with Gasteiger partial charge >= 0.3 is 0 Å². The molecular formula is C17H17N3OS2. The van der Waals surface area contributed by atoms with Crippen LogP contribution in [0.3, 0.4) is 0 Å². The van der Waals surface area contributed by atoms with Gasteiger partial charge in [-0.25, -0.2) is 0 Å². The lowest BCUT2D eigenvalue weighted by atomic mass is 10.2. The maximum absolute atomic E-state index is 12.3. The van der Waals surface area contributed by atoms with E-state index in [4.69, 9.17) is 0 Å². The van der Waals surface area contributed by atoms with Crippen LogP contribution in [0.25, 0.3) is 10.6 Å². The van der Waals surface area contributed by atoms with Gasteiger partial charge in [-0.3, -0.25) is 9.48 Å². The van der Waals surface area contributed by atoms with Crippen LogP contribution in [-0.4, -0.2) is 28.5 Å². The number of nitrogens with zero attached hydrogens (tertiary/aromatic N) is 2. The Morgan fingerprint density at radius 1 is 1.26 bits per heavy atom. The molecule has 2 heterocycles. The van der Waals surface area contributed by atoms with E-state index in [2.05, 4.69) is 16.5 Å². The molecule has 0 unspecified atom stereocenters. The van der Waals surface area contributed by atoms with Crippen LogP contribution in [0.2, 0.25) is 0 Å². The highest BCUT2D eigenvalue weighted by Crippen LogP contribution is 2.22. The van der Waals surface area contributed by atoms with Gasteiger partial charge < -0.3 is 5.32 Å². The first-order valence-corrected chi connectivity index (χ1v) is 9.37. The fraction of sp³-hybridized carbons (Fsp3) is 0.176. The molecule has 118 valence electrons. The van der Waals surface area contributed by atoms with E-state index in [0.717, 1.165) is 21.0 Å². The Kier molecular flexibility index (Phi) is 5.15. The summed E-state index contributed by atoms with van der Waals surface area (Å²) in [6.45, 7) is 1.20. The van der Waals surface area contributed by atoms with Gasteiger partial charge in [0.2, 0.25) is 0 Å². The van der Waals surface area contributed by atoms with Gasteiger partial charge in [-0.2, -0.15) is 5.10 Å². The molecule has 23 heavy (non-hydrogen) atoms. The number of thioether (sulfide) groups is 1. The smallest absolute Gasteiger partial charge is 0.252 e. The molecule has 2 aromatic heterocycles. The highest BCUT2D eigenvalue weighted by atomic mass is 32.2. The number of nitrogens with one attached hydrogen (secondary N) is 1. The van der Waals surface area contributed by atoms with Gasteiger partial charge in [0.1, 0.15) is 5.69 Å². The monoisotopic (exact) mass is 343 g/mol. The van der Waals surface area contributed by atoms with E-state index in [-0.39, 0.29) is 5.91 Å². The number of hydrogen-bond donors (Lipinski definition) is 1. The van der Waals surface area contributed by atoms with Crippen LogP contribution in [0.1, 0.15) is 10.4 Å². The van der Waals surface area contributed by atoms with Gasteiger partial charge in [0.25, 0.3) is 5.91 Å². The van der Waals surface area contributed by atoms with E-state index in [0.29, 0.717) is 13.1 Å². The molecule has 3 rings (SSSR count). The van der Waals surface area contributed by atoms with E-state index in [1.807, 2.05) is 58.9 Å². The zero-order valence-corrected chi connectivity index (χ0v) is 14.4. The predicted octanol–water partition coefficient (Wildman–Crippen LogP) is 3.76. The molecule has 1 aromatic carbocycles. The van der Waals surface area contributed by atoms with Crippen LogP contribution in [0.15, 0.2) is 58.9 Å². The van der Waals surface area contributed by atoms with Crippen molar-refractivity contribution < 1.29 is 4.79 Å². The average Bonchev–Trinajstić information content (AvgIpc) is 3.26. The largest absolute Gasteiger partial charge is 0.350 e. The van der Waals surface area contributed by atoms with Crippen molar-refractivity contribution in [1.82, 2.24) is 15.1 Å². The van der Waals surface area contributed by atoms with Crippen molar-refractivity contribution in [3.8, 4) is 10.6 Å². The lowest BCUT2D eigenvalue weighted by molar-refractivity contribution is 0.0949. The van der Waals surface area contributed by atoms with Crippen molar-refractivity contribution in [3.63, 3.8) is 0 Å². The van der Waals surface area contributed by atoms with E-state index in [1.165, 1.54) is 0 Å². The van der Waals surface area contributed by atoms with Crippen molar-refractivity contribution in [2.75, 3.05) is 12.8 Å². The lowest BCUT2D eigenvalue weighted by Crippen LogP contribution is -2.27. The maximum Gasteiger partial charge on any atom is 0.252 e. The summed E-state index contributed by atoms with van der Waals surface area (Å²) in [7, 11) is 0. The normalized spacial score (nSPS) is 10.7. The Labute approximate surface area is 143 Å². The Balaban J connectivity index is 1.56. The zero-order chi connectivity index (χ0) is 16.1. The van der Waals surface area contributed by atoms with Gasteiger partial charge in [0.15, 0.2) is 0 Å². The summed E-state index contributed by atoms with van der Waals surface area (Å²) >= 11 is 3.25. The number of aromatic nitrogens is 2. The zero-order valence-electron chi connectivity index (χ0n) is 12.7.